The highest BCUT2D eigenvalue weighted by Crippen LogP contribution is 2.28. The predicted octanol–water partition coefficient (Wildman–Crippen LogP) is 5.76. The van der Waals surface area contributed by atoms with Crippen LogP contribution in [0.25, 0.3) is 0 Å². The summed E-state index contributed by atoms with van der Waals surface area (Å²) in [5.74, 6) is -0.358. The minimum Gasteiger partial charge on any atom is -0.461 e. The van der Waals surface area contributed by atoms with Gasteiger partial charge in [-0.15, -0.1) is 0 Å². The van der Waals surface area contributed by atoms with E-state index in [0.717, 1.165) is 42.4 Å². The third kappa shape index (κ3) is 8.15. The van der Waals surface area contributed by atoms with Crippen molar-refractivity contribution >= 4 is 11.9 Å². The van der Waals surface area contributed by atoms with Crippen molar-refractivity contribution in [3.8, 4) is 0 Å². The maximum atomic E-state index is 11.9. The van der Waals surface area contributed by atoms with Gasteiger partial charge in [-0.25, -0.2) is 0 Å². The molecule has 0 aromatic heterocycles. The SMILES string of the molecule is CCCCC(=O)OCc1cc(C(C)(C)C)cc(C)c1COC(=O)CCCC. The van der Waals surface area contributed by atoms with E-state index in [2.05, 4.69) is 39.8 Å². The van der Waals surface area contributed by atoms with E-state index in [-0.39, 0.29) is 30.6 Å². The zero-order valence-electron chi connectivity index (χ0n) is 17.9. The molecule has 1 aromatic rings. The van der Waals surface area contributed by atoms with E-state index in [1.165, 1.54) is 5.56 Å². The van der Waals surface area contributed by atoms with Crippen LogP contribution in [0, 0.1) is 6.92 Å². The molecule has 27 heavy (non-hydrogen) atoms. The van der Waals surface area contributed by atoms with Crippen molar-refractivity contribution in [2.24, 2.45) is 0 Å². The Balaban J connectivity index is 2.97. The van der Waals surface area contributed by atoms with E-state index in [9.17, 15) is 9.59 Å². The first-order chi connectivity index (χ1) is 12.7. The number of aryl methyl sites for hydroxylation is 1. The molecular weight excluding hydrogens is 340 g/mol. The van der Waals surface area contributed by atoms with Gasteiger partial charge in [0.2, 0.25) is 0 Å². The number of carbonyl (C=O) groups excluding carboxylic acids is 2. The standard InChI is InChI=1S/C23H36O4/c1-7-9-11-21(24)26-15-18-14-19(23(4,5)6)13-17(3)20(18)16-27-22(25)12-10-8-2/h13-14H,7-12,15-16H2,1-6H3. The topological polar surface area (TPSA) is 52.6 Å². The van der Waals surface area contributed by atoms with Crippen molar-refractivity contribution in [2.75, 3.05) is 0 Å². The Morgan fingerprint density at radius 1 is 0.889 bits per heavy atom. The Bertz CT molecular complexity index is 626. The van der Waals surface area contributed by atoms with Crippen molar-refractivity contribution in [1.82, 2.24) is 0 Å². The lowest BCUT2D eigenvalue weighted by Gasteiger charge is -2.23. The number of ether oxygens (including phenoxy) is 2. The van der Waals surface area contributed by atoms with Crippen LogP contribution in [0.5, 0.6) is 0 Å². The number of hydrogen-bond acceptors (Lipinski definition) is 4. The summed E-state index contributed by atoms with van der Waals surface area (Å²) in [5.41, 5.74) is 4.09. The first-order valence-electron chi connectivity index (χ1n) is 10.1. The average Bonchev–Trinajstić information content (AvgIpc) is 2.60. The molecule has 152 valence electrons. The van der Waals surface area contributed by atoms with Crippen LogP contribution in [-0.2, 0) is 37.7 Å². The van der Waals surface area contributed by atoms with Crippen molar-refractivity contribution in [2.45, 2.75) is 98.7 Å². The van der Waals surface area contributed by atoms with Gasteiger partial charge in [0.25, 0.3) is 0 Å². The lowest BCUT2D eigenvalue weighted by atomic mass is 9.83. The van der Waals surface area contributed by atoms with Gasteiger partial charge in [-0.2, -0.15) is 0 Å². The Labute approximate surface area is 164 Å². The molecule has 0 spiro atoms. The fourth-order valence-electron chi connectivity index (χ4n) is 2.76. The zero-order chi connectivity index (χ0) is 20.4. The van der Waals surface area contributed by atoms with E-state index in [1.54, 1.807) is 0 Å². The molecular formula is C23H36O4. The average molecular weight is 377 g/mol. The van der Waals surface area contributed by atoms with E-state index in [0.29, 0.717) is 12.8 Å². The molecule has 0 N–H and O–H groups in total. The number of carbonyl (C=O) groups is 2. The Kier molecular flexibility index (Phi) is 9.54. The van der Waals surface area contributed by atoms with Crippen LogP contribution < -0.4 is 0 Å². The first-order valence-corrected chi connectivity index (χ1v) is 10.1. The number of rotatable bonds is 10. The van der Waals surface area contributed by atoms with Gasteiger partial charge in [0, 0.05) is 12.8 Å². The number of esters is 2. The largest absolute Gasteiger partial charge is 0.461 e. The van der Waals surface area contributed by atoms with Crippen LogP contribution in [0.1, 0.15) is 95.4 Å². The summed E-state index contributed by atoms with van der Waals surface area (Å²) in [6.45, 7) is 13.0. The molecule has 0 heterocycles. The smallest absolute Gasteiger partial charge is 0.306 e. The summed E-state index contributed by atoms with van der Waals surface area (Å²) in [5, 5.41) is 0. The lowest BCUT2D eigenvalue weighted by molar-refractivity contribution is -0.146. The van der Waals surface area contributed by atoms with Gasteiger partial charge in [-0.3, -0.25) is 9.59 Å². The second kappa shape index (κ2) is 11.1. The summed E-state index contributed by atoms with van der Waals surface area (Å²) >= 11 is 0. The molecule has 1 rings (SSSR count). The molecule has 0 radical (unpaired) electrons. The monoisotopic (exact) mass is 376 g/mol. The molecule has 0 saturated carbocycles. The molecule has 0 unspecified atom stereocenters. The number of benzene rings is 1. The van der Waals surface area contributed by atoms with Gasteiger partial charge >= 0.3 is 11.9 Å². The molecule has 0 atom stereocenters. The van der Waals surface area contributed by atoms with Crippen LogP contribution in [-0.4, -0.2) is 11.9 Å². The minimum atomic E-state index is -0.179. The summed E-state index contributed by atoms with van der Waals surface area (Å²) in [6.07, 6.45) is 4.48. The highest BCUT2D eigenvalue weighted by Gasteiger charge is 2.19. The van der Waals surface area contributed by atoms with Gasteiger partial charge < -0.3 is 9.47 Å². The summed E-state index contributed by atoms with van der Waals surface area (Å²) < 4.78 is 11.0. The van der Waals surface area contributed by atoms with Gasteiger partial charge in [0.15, 0.2) is 0 Å². The van der Waals surface area contributed by atoms with Gasteiger partial charge in [0.1, 0.15) is 13.2 Å². The van der Waals surface area contributed by atoms with Gasteiger partial charge in [-0.05, 0) is 47.4 Å². The van der Waals surface area contributed by atoms with Gasteiger partial charge in [-0.1, -0.05) is 59.6 Å². The lowest BCUT2D eigenvalue weighted by Crippen LogP contribution is -2.15. The molecule has 0 saturated heterocycles. The molecule has 0 aliphatic rings. The highest BCUT2D eigenvalue weighted by molar-refractivity contribution is 5.70. The van der Waals surface area contributed by atoms with Crippen molar-refractivity contribution in [3.05, 3.63) is 34.4 Å². The fraction of sp³-hybridized carbons (Fsp3) is 0.652. The van der Waals surface area contributed by atoms with Crippen LogP contribution in [0.15, 0.2) is 12.1 Å². The van der Waals surface area contributed by atoms with Crippen molar-refractivity contribution < 1.29 is 19.1 Å². The number of unbranched alkanes of at least 4 members (excludes halogenated alkanes) is 2. The van der Waals surface area contributed by atoms with Crippen LogP contribution in [0.2, 0.25) is 0 Å². The van der Waals surface area contributed by atoms with Crippen molar-refractivity contribution in [1.29, 1.82) is 0 Å². The number of hydrogen-bond donors (Lipinski definition) is 0. The van der Waals surface area contributed by atoms with E-state index < -0.39 is 0 Å². The quantitative estimate of drug-likeness (QED) is 0.487. The van der Waals surface area contributed by atoms with E-state index in [1.807, 2.05) is 13.8 Å². The first kappa shape index (κ1) is 23.2. The minimum absolute atomic E-state index is 0.0118. The summed E-state index contributed by atoms with van der Waals surface area (Å²) in [7, 11) is 0. The normalized spacial score (nSPS) is 11.3. The molecule has 0 aliphatic heterocycles. The molecule has 0 aliphatic carbocycles. The maximum Gasteiger partial charge on any atom is 0.306 e. The summed E-state index contributed by atoms with van der Waals surface area (Å²) in [4.78, 5) is 23.8. The molecule has 0 bridgehead atoms. The van der Waals surface area contributed by atoms with Crippen LogP contribution in [0.3, 0.4) is 0 Å². The Morgan fingerprint density at radius 2 is 1.41 bits per heavy atom. The van der Waals surface area contributed by atoms with Crippen molar-refractivity contribution in [3.63, 3.8) is 0 Å². The van der Waals surface area contributed by atoms with E-state index >= 15 is 0 Å². The highest BCUT2D eigenvalue weighted by atomic mass is 16.5. The molecule has 0 amide bonds. The fourth-order valence-corrected chi connectivity index (χ4v) is 2.76. The Hall–Kier alpha value is -1.84. The zero-order valence-corrected chi connectivity index (χ0v) is 17.9. The Morgan fingerprint density at radius 3 is 1.89 bits per heavy atom. The molecule has 4 nitrogen and oxygen atoms in total. The van der Waals surface area contributed by atoms with Gasteiger partial charge in [0.05, 0.1) is 0 Å². The molecule has 1 aromatic carbocycles. The second-order valence-corrected chi connectivity index (χ2v) is 8.21. The van der Waals surface area contributed by atoms with E-state index in [4.69, 9.17) is 9.47 Å². The summed E-state index contributed by atoms with van der Waals surface area (Å²) in [6, 6.07) is 4.22. The maximum absolute atomic E-state index is 11.9. The third-order valence-electron chi connectivity index (χ3n) is 4.67. The second-order valence-electron chi connectivity index (χ2n) is 8.21. The predicted molar refractivity (Wildman–Crippen MR) is 109 cm³/mol. The van der Waals surface area contributed by atoms with Crippen LogP contribution >= 0.6 is 0 Å². The molecule has 4 heteroatoms. The molecule has 0 fully saturated rings. The third-order valence-corrected chi connectivity index (χ3v) is 4.67. The van der Waals surface area contributed by atoms with Crippen LogP contribution in [0.4, 0.5) is 0 Å².